The van der Waals surface area contributed by atoms with Crippen molar-refractivity contribution in [2.75, 3.05) is 24.2 Å². The van der Waals surface area contributed by atoms with E-state index in [1.165, 1.54) is 11.1 Å². The Bertz CT molecular complexity index is 1720. The molecule has 0 fully saturated rings. The lowest BCUT2D eigenvalue weighted by atomic mass is 9.96. The minimum absolute atomic E-state index is 0.152. The molecule has 1 aliphatic heterocycles. The monoisotopic (exact) mass is 562 g/mol. The van der Waals surface area contributed by atoms with Crippen molar-refractivity contribution in [3.63, 3.8) is 0 Å². The maximum absolute atomic E-state index is 13.1. The lowest BCUT2D eigenvalue weighted by molar-refractivity contribution is 0.262. The molecule has 6 rings (SSSR count). The van der Waals surface area contributed by atoms with Crippen LogP contribution in [0, 0.1) is 0 Å². The first kappa shape index (κ1) is 27.2. The highest BCUT2D eigenvalue weighted by molar-refractivity contribution is 6.01. The quantitative estimate of drug-likeness (QED) is 0.240. The van der Waals surface area contributed by atoms with E-state index < -0.39 is 0 Å². The largest absolute Gasteiger partial charge is 0.457 e. The fourth-order valence-electron chi connectivity index (χ4n) is 5.02. The number of rotatable bonds is 7. The van der Waals surface area contributed by atoms with Gasteiger partial charge in [-0.1, -0.05) is 12.1 Å². The summed E-state index contributed by atoms with van der Waals surface area (Å²) in [6.45, 7) is 6.10. The number of benzene rings is 2. The van der Waals surface area contributed by atoms with Crippen molar-refractivity contribution >= 4 is 17.4 Å². The van der Waals surface area contributed by atoms with Crippen LogP contribution in [0.25, 0.3) is 22.5 Å². The summed E-state index contributed by atoms with van der Waals surface area (Å²) in [4.78, 5) is 19.8. The number of fused-ring (bicyclic) bond motifs is 1. The predicted octanol–water partition coefficient (Wildman–Crippen LogP) is 6.35. The van der Waals surface area contributed by atoms with E-state index >= 15 is 0 Å². The normalized spacial score (nSPS) is 13.2. The minimum atomic E-state index is -0.346. The zero-order chi connectivity index (χ0) is 29.2. The number of aryl methyl sites for hydroxylation is 1. The first-order valence-electron chi connectivity index (χ1n) is 14.0. The molecule has 0 saturated carbocycles. The maximum atomic E-state index is 13.1. The highest BCUT2D eigenvalue weighted by atomic mass is 16.5. The molecule has 1 aliphatic rings. The van der Waals surface area contributed by atoms with E-state index in [1.54, 1.807) is 35.3 Å². The standard InChI is InChI=1S/C32H34N8O2/c1-21(2)40-20-30(31(37-40)23-6-5-22-12-14-38(3)18-24(22)15-23)36-32(41)35-26-7-9-27(10-8-26)42-28-11-13-33-29(16-28)25-17-34-39(4)19-25/h5-11,13,15-17,19-21H,12,14,18H2,1-4H3,(H2,35,36,41). The maximum Gasteiger partial charge on any atom is 0.323 e. The molecule has 10 heteroatoms. The van der Waals surface area contributed by atoms with Crippen LogP contribution in [-0.4, -0.2) is 49.1 Å². The number of carbonyl (C=O) groups is 1. The molecule has 0 bridgehead atoms. The average Bonchev–Trinajstić information content (AvgIpc) is 3.60. The van der Waals surface area contributed by atoms with Gasteiger partial charge in [0, 0.05) is 67.7 Å². The molecule has 0 unspecified atom stereocenters. The smallest absolute Gasteiger partial charge is 0.323 e. The zero-order valence-electron chi connectivity index (χ0n) is 24.2. The van der Waals surface area contributed by atoms with Gasteiger partial charge in [-0.3, -0.25) is 14.3 Å². The first-order valence-corrected chi connectivity index (χ1v) is 14.0. The molecule has 214 valence electrons. The lowest BCUT2D eigenvalue weighted by Gasteiger charge is -2.25. The second-order valence-electron chi connectivity index (χ2n) is 10.9. The highest BCUT2D eigenvalue weighted by Crippen LogP contribution is 2.32. The zero-order valence-corrected chi connectivity index (χ0v) is 24.2. The van der Waals surface area contributed by atoms with Gasteiger partial charge in [-0.25, -0.2) is 4.79 Å². The van der Waals surface area contributed by atoms with Crippen molar-refractivity contribution in [3.8, 4) is 34.0 Å². The van der Waals surface area contributed by atoms with Crippen molar-refractivity contribution < 1.29 is 9.53 Å². The average molecular weight is 563 g/mol. The summed E-state index contributed by atoms with van der Waals surface area (Å²) in [5.41, 5.74) is 7.40. The molecule has 2 aromatic carbocycles. The van der Waals surface area contributed by atoms with Crippen molar-refractivity contribution in [3.05, 3.63) is 90.5 Å². The van der Waals surface area contributed by atoms with E-state index in [2.05, 4.69) is 64.7 Å². The van der Waals surface area contributed by atoms with E-state index in [0.717, 1.165) is 42.0 Å². The molecule has 0 atom stereocenters. The van der Waals surface area contributed by atoms with Crippen LogP contribution >= 0.6 is 0 Å². The number of carbonyl (C=O) groups excluding carboxylic acids is 1. The number of amides is 2. The Morgan fingerprint density at radius 1 is 0.929 bits per heavy atom. The number of hydrogen-bond acceptors (Lipinski definition) is 6. The van der Waals surface area contributed by atoms with Crippen molar-refractivity contribution in [2.24, 2.45) is 7.05 Å². The number of aromatic nitrogens is 5. The number of ether oxygens (including phenoxy) is 1. The second-order valence-corrected chi connectivity index (χ2v) is 10.9. The number of likely N-dealkylation sites (N-methyl/N-ethyl adjacent to an activating group) is 1. The Kier molecular flexibility index (Phi) is 7.45. The topological polar surface area (TPSA) is 102 Å². The fourth-order valence-corrected chi connectivity index (χ4v) is 5.02. The summed E-state index contributed by atoms with van der Waals surface area (Å²) in [6, 6.07) is 17.2. The van der Waals surface area contributed by atoms with E-state index in [1.807, 2.05) is 42.3 Å². The van der Waals surface area contributed by atoms with Crippen molar-refractivity contribution in [1.82, 2.24) is 29.4 Å². The Labute approximate surface area is 245 Å². The van der Waals surface area contributed by atoms with Crippen molar-refractivity contribution in [2.45, 2.75) is 32.9 Å². The molecule has 3 aromatic heterocycles. The van der Waals surface area contributed by atoms with Crippen LogP contribution in [0.4, 0.5) is 16.2 Å². The van der Waals surface area contributed by atoms with Gasteiger partial charge in [0.25, 0.3) is 0 Å². The van der Waals surface area contributed by atoms with Crippen molar-refractivity contribution in [1.29, 1.82) is 0 Å². The molecule has 5 aromatic rings. The molecule has 2 amide bonds. The second kappa shape index (κ2) is 11.5. The van der Waals surface area contributed by atoms with Gasteiger partial charge in [0.1, 0.15) is 17.2 Å². The van der Waals surface area contributed by atoms with Gasteiger partial charge in [0.15, 0.2) is 0 Å². The third-order valence-electron chi connectivity index (χ3n) is 7.27. The van der Waals surface area contributed by atoms with Crippen LogP contribution in [0.3, 0.4) is 0 Å². The summed E-state index contributed by atoms with van der Waals surface area (Å²) < 4.78 is 9.64. The molecular formula is C32H34N8O2. The Morgan fingerprint density at radius 2 is 1.76 bits per heavy atom. The Balaban J connectivity index is 1.14. The third-order valence-corrected chi connectivity index (χ3v) is 7.27. The molecule has 4 heterocycles. The number of nitrogens with zero attached hydrogens (tertiary/aromatic N) is 6. The number of anilines is 2. The summed E-state index contributed by atoms with van der Waals surface area (Å²) in [6.07, 6.45) is 8.30. The van der Waals surface area contributed by atoms with E-state index in [0.29, 0.717) is 22.9 Å². The summed E-state index contributed by atoms with van der Waals surface area (Å²) in [7, 11) is 4.00. The van der Waals surface area contributed by atoms with Gasteiger partial charge in [0.2, 0.25) is 0 Å². The van der Waals surface area contributed by atoms with Crippen LogP contribution < -0.4 is 15.4 Å². The number of hydrogen-bond donors (Lipinski definition) is 2. The van der Waals surface area contributed by atoms with Crippen LogP contribution in [0.5, 0.6) is 11.5 Å². The molecular weight excluding hydrogens is 528 g/mol. The predicted molar refractivity (Wildman–Crippen MR) is 164 cm³/mol. The minimum Gasteiger partial charge on any atom is -0.457 e. The van der Waals surface area contributed by atoms with Crippen LogP contribution in [0.15, 0.2) is 79.4 Å². The van der Waals surface area contributed by atoms with E-state index in [4.69, 9.17) is 9.84 Å². The molecule has 42 heavy (non-hydrogen) atoms. The summed E-state index contributed by atoms with van der Waals surface area (Å²) >= 11 is 0. The Morgan fingerprint density at radius 3 is 2.52 bits per heavy atom. The number of urea groups is 1. The molecule has 2 N–H and O–H groups in total. The van der Waals surface area contributed by atoms with Gasteiger partial charge in [-0.15, -0.1) is 0 Å². The number of nitrogens with one attached hydrogen (secondary N) is 2. The third kappa shape index (κ3) is 6.03. The first-order chi connectivity index (χ1) is 20.3. The van der Waals surface area contributed by atoms with Crippen LogP contribution in [0.2, 0.25) is 0 Å². The fraction of sp³-hybridized carbons (Fsp3) is 0.250. The van der Waals surface area contributed by atoms with Crippen LogP contribution in [0.1, 0.15) is 31.0 Å². The van der Waals surface area contributed by atoms with E-state index in [9.17, 15) is 4.79 Å². The van der Waals surface area contributed by atoms with Crippen LogP contribution in [-0.2, 0) is 20.0 Å². The van der Waals surface area contributed by atoms with Gasteiger partial charge in [-0.05, 0) is 74.8 Å². The molecule has 0 radical (unpaired) electrons. The Hall–Kier alpha value is -4.96. The SMILES string of the molecule is CC(C)n1cc(NC(=O)Nc2ccc(Oc3ccnc(-c4cnn(C)c4)c3)cc2)c(-c2ccc3c(c2)CN(C)CC3)n1. The summed E-state index contributed by atoms with van der Waals surface area (Å²) in [5.74, 6) is 1.30. The van der Waals surface area contributed by atoms with Gasteiger partial charge in [-0.2, -0.15) is 10.2 Å². The van der Waals surface area contributed by atoms with Gasteiger partial charge < -0.3 is 20.3 Å². The van der Waals surface area contributed by atoms with Gasteiger partial charge in [0.05, 0.1) is 17.6 Å². The van der Waals surface area contributed by atoms with Gasteiger partial charge >= 0.3 is 6.03 Å². The molecule has 0 saturated heterocycles. The lowest BCUT2D eigenvalue weighted by Crippen LogP contribution is -2.26. The highest BCUT2D eigenvalue weighted by Gasteiger charge is 2.19. The molecule has 0 spiro atoms. The molecule has 10 nitrogen and oxygen atoms in total. The molecule has 0 aliphatic carbocycles. The number of pyridine rings is 1. The summed E-state index contributed by atoms with van der Waals surface area (Å²) in [5, 5.41) is 15.0. The van der Waals surface area contributed by atoms with E-state index in [-0.39, 0.29) is 12.1 Å².